The van der Waals surface area contributed by atoms with Crippen LogP contribution in [0.4, 0.5) is 0 Å². The minimum atomic E-state index is -0.324. The van der Waals surface area contributed by atoms with Crippen molar-refractivity contribution < 1.29 is 14.2 Å². The van der Waals surface area contributed by atoms with Crippen LogP contribution < -0.4 is 14.2 Å². The van der Waals surface area contributed by atoms with Gasteiger partial charge in [-0.3, -0.25) is 0 Å². The van der Waals surface area contributed by atoms with Gasteiger partial charge in [-0.15, -0.1) is 0 Å². The number of benzene rings is 3. The van der Waals surface area contributed by atoms with E-state index in [1.165, 1.54) is 39.1 Å². The Labute approximate surface area is 194 Å². The Balaban J connectivity index is 1.57. The van der Waals surface area contributed by atoms with E-state index in [0.29, 0.717) is 6.79 Å². The number of hydrogen-bond donors (Lipinski definition) is 0. The number of aromatic nitrogens is 1. The monoisotopic (exact) mass is 439 g/mol. The highest BCUT2D eigenvalue weighted by Gasteiger charge is 2.45. The highest BCUT2D eigenvalue weighted by molar-refractivity contribution is 5.87. The molecule has 0 saturated carbocycles. The van der Waals surface area contributed by atoms with Crippen LogP contribution in [0.1, 0.15) is 53.1 Å². The molecule has 1 unspecified atom stereocenters. The van der Waals surface area contributed by atoms with Crippen molar-refractivity contribution in [3.8, 4) is 22.9 Å². The Morgan fingerprint density at radius 1 is 0.818 bits per heavy atom. The number of aryl methyl sites for hydroxylation is 1. The van der Waals surface area contributed by atoms with Gasteiger partial charge in [0.1, 0.15) is 11.4 Å². The first-order valence-corrected chi connectivity index (χ1v) is 11.6. The molecule has 1 atom stereocenters. The first kappa shape index (κ1) is 20.2. The molecule has 4 nitrogen and oxygen atoms in total. The Bertz CT molecular complexity index is 1390. The molecule has 0 saturated heterocycles. The third-order valence-electron chi connectivity index (χ3n) is 7.41. The molecule has 0 radical (unpaired) electrons. The van der Waals surface area contributed by atoms with Crippen LogP contribution in [-0.2, 0) is 0 Å². The fraction of sp³-hybridized carbons (Fsp3) is 0.310. The molecule has 0 bridgehead atoms. The zero-order valence-corrected chi connectivity index (χ0v) is 20.1. The van der Waals surface area contributed by atoms with Crippen molar-refractivity contribution in [2.45, 2.75) is 53.1 Å². The number of fused-ring (bicyclic) bond motifs is 3. The summed E-state index contributed by atoms with van der Waals surface area (Å²) < 4.78 is 20.1. The van der Waals surface area contributed by atoms with Gasteiger partial charge in [0.15, 0.2) is 11.5 Å². The molecule has 0 aliphatic carbocycles. The summed E-state index contributed by atoms with van der Waals surface area (Å²) in [6.45, 7) is 13.5. The SMILES string of the molecule is Cc1ccc(C2c3c(C)c(-n4cc5cc6c(cc5c4)OCO6)c(C)c(C)c3OC2(C)C)cc1. The molecule has 2 aliphatic heterocycles. The summed E-state index contributed by atoms with van der Waals surface area (Å²) in [6, 6.07) is 13.0. The van der Waals surface area contributed by atoms with Crippen molar-refractivity contribution >= 4 is 10.8 Å². The Kier molecular flexibility index (Phi) is 4.17. The Morgan fingerprint density at radius 3 is 2.03 bits per heavy atom. The van der Waals surface area contributed by atoms with Gasteiger partial charge in [0.2, 0.25) is 6.79 Å². The first-order chi connectivity index (χ1) is 15.7. The summed E-state index contributed by atoms with van der Waals surface area (Å²) in [5.41, 5.74) is 8.49. The van der Waals surface area contributed by atoms with Crippen molar-refractivity contribution in [1.29, 1.82) is 0 Å². The molecule has 2 aliphatic rings. The van der Waals surface area contributed by atoms with Gasteiger partial charge < -0.3 is 18.8 Å². The second-order valence-corrected chi connectivity index (χ2v) is 10.0. The lowest BCUT2D eigenvalue weighted by Gasteiger charge is -2.27. The molecule has 0 N–H and O–H groups in total. The zero-order chi connectivity index (χ0) is 23.1. The summed E-state index contributed by atoms with van der Waals surface area (Å²) in [6.07, 6.45) is 4.39. The number of hydrogen-bond acceptors (Lipinski definition) is 3. The maximum absolute atomic E-state index is 6.65. The van der Waals surface area contributed by atoms with Crippen LogP contribution in [0.5, 0.6) is 17.2 Å². The lowest BCUT2D eigenvalue weighted by Crippen LogP contribution is -2.31. The van der Waals surface area contributed by atoms with Gasteiger partial charge in [-0.2, -0.15) is 0 Å². The van der Waals surface area contributed by atoms with Crippen LogP contribution in [0, 0.1) is 27.7 Å². The van der Waals surface area contributed by atoms with E-state index in [0.717, 1.165) is 28.0 Å². The molecule has 6 rings (SSSR count). The van der Waals surface area contributed by atoms with Gasteiger partial charge in [0.05, 0.1) is 11.6 Å². The lowest BCUT2D eigenvalue weighted by atomic mass is 9.78. The van der Waals surface area contributed by atoms with Crippen LogP contribution >= 0.6 is 0 Å². The van der Waals surface area contributed by atoms with Crippen LogP contribution in [0.25, 0.3) is 16.5 Å². The third-order valence-corrected chi connectivity index (χ3v) is 7.41. The second kappa shape index (κ2) is 6.80. The van der Waals surface area contributed by atoms with Crippen molar-refractivity contribution in [1.82, 2.24) is 4.57 Å². The average molecular weight is 440 g/mol. The molecule has 0 spiro atoms. The predicted molar refractivity (Wildman–Crippen MR) is 131 cm³/mol. The van der Waals surface area contributed by atoms with Crippen molar-refractivity contribution in [2.75, 3.05) is 6.79 Å². The molecule has 4 heteroatoms. The summed E-state index contributed by atoms with van der Waals surface area (Å²) in [7, 11) is 0. The second-order valence-electron chi connectivity index (χ2n) is 10.0. The Hall–Kier alpha value is -3.40. The molecule has 0 fully saturated rings. The summed E-state index contributed by atoms with van der Waals surface area (Å²) in [4.78, 5) is 0. The van der Waals surface area contributed by atoms with Gasteiger partial charge in [0.25, 0.3) is 0 Å². The smallest absolute Gasteiger partial charge is 0.231 e. The van der Waals surface area contributed by atoms with E-state index in [9.17, 15) is 0 Å². The fourth-order valence-electron chi connectivity index (χ4n) is 5.66. The quantitative estimate of drug-likeness (QED) is 0.341. The summed E-state index contributed by atoms with van der Waals surface area (Å²) >= 11 is 0. The van der Waals surface area contributed by atoms with Gasteiger partial charge in [0, 0.05) is 28.7 Å². The highest BCUT2D eigenvalue weighted by atomic mass is 16.7. The lowest BCUT2D eigenvalue weighted by molar-refractivity contribution is 0.121. The van der Waals surface area contributed by atoms with Gasteiger partial charge >= 0.3 is 0 Å². The standard InChI is InChI=1S/C29H29NO3/c1-16-7-9-20(10-8-16)26-25-19(4)27(17(2)18(3)28(25)33-29(26,5)6)30-13-21-11-23-24(32-15-31-23)12-22(21)14-30/h7-14,26H,15H2,1-6H3. The first-order valence-electron chi connectivity index (χ1n) is 11.6. The van der Waals surface area contributed by atoms with Crippen LogP contribution in [0.3, 0.4) is 0 Å². The van der Waals surface area contributed by atoms with Crippen molar-refractivity contribution in [2.24, 2.45) is 0 Å². The molecule has 4 aromatic rings. The number of ether oxygens (including phenoxy) is 3. The van der Waals surface area contributed by atoms with E-state index in [-0.39, 0.29) is 11.5 Å². The molecule has 3 heterocycles. The van der Waals surface area contributed by atoms with E-state index in [1.807, 2.05) is 0 Å². The summed E-state index contributed by atoms with van der Waals surface area (Å²) in [5.74, 6) is 2.84. The van der Waals surface area contributed by atoms with Crippen LogP contribution in [0.2, 0.25) is 0 Å². The largest absolute Gasteiger partial charge is 0.486 e. The molecule has 3 aromatic carbocycles. The predicted octanol–water partition coefficient (Wildman–Crippen LogP) is 6.90. The van der Waals surface area contributed by atoms with E-state index in [4.69, 9.17) is 14.2 Å². The highest BCUT2D eigenvalue weighted by Crippen LogP contribution is 2.53. The fourth-order valence-corrected chi connectivity index (χ4v) is 5.66. The third kappa shape index (κ3) is 2.90. The van der Waals surface area contributed by atoms with Gasteiger partial charge in [-0.1, -0.05) is 29.8 Å². The number of rotatable bonds is 2. The molecular weight excluding hydrogens is 410 g/mol. The summed E-state index contributed by atoms with van der Waals surface area (Å²) in [5, 5.41) is 2.28. The van der Waals surface area contributed by atoms with Crippen molar-refractivity contribution in [3.05, 3.63) is 82.2 Å². The molecular formula is C29H29NO3. The zero-order valence-electron chi connectivity index (χ0n) is 20.1. The van der Waals surface area contributed by atoms with E-state index in [1.54, 1.807) is 0 Å². The maximum Gasteiger partial charge on any atom is 0.231 e. The molecule has 1 aromatic heterocycles. The maximum atomic E-state index is 6.65. The molecule has 33 heavy (non-hydrogen) atoms. The van der Waals surface area contributed by atoms with E-state index < -0.39 is 0 Å². The van der Waals surface area contributed by atoms with Crippen LogP contribution in [0.15, 0.2) is 48.8 Å². The van der Waals surface area contributed by atoms with E-state index >= 15 is 0 Å². The normalized spacial score (nSPS) is 17.9. The topological polar surface area (TPSA) is 32.6 Å². The minimum absolute atomic E-state index is 0.168. The Morgan fingerprint density at radius 2 is 1.42 bits per heavy atom. The molecule has 168 valence electrons. The van der Waals surface area contributed by atoms with Gasteiger partial charge in [-0.05, 0) is 75.9 Å². The molecule has 0 amide bonds. The van der Waals surface area contributed by atoms with Crippen molar-refractivity contribution in [3.63, 3.8) is 0 Å². The average Bonchev–Trinajstić information content (AvgIpc) is 3.46. The van der Waals surface area contributed by atoms with Crippen LogP contribution in [-0.4, -0.2) is 17.0 Å². The minimum Gasteiger partial charge on any atom is -0.486 e. The van der Waals surface area contributed by atoms with E-state index in [2.05, 4.69) is 94.9 Å². The van der Waals surface area contributed by atoms with Gasteiger partial charge in [-0.25, -0.2) is 0 Å². The number of nitrogens with zero attached hydrogens (tertiary/aromatic N) is 1.